The van der Waals surface area contributed by atoms with Gasteiger partial charge in [-0.1, -0.05) is 50.2 Å². The van der Waals surface area contributed by atoms with Crippen molar-refractivity contribution in [2.24, 2.45) is 0 Å². The topological polar surface area (TPSA) is 0 Å². The molecular formula is C8H14B. The molecule has 0 spiro atoms. The van der Waals surface area contributed by atoms with E-state index in [1.54, 1.807) is 0 Å². The summed E-state index contributed by atoms with van der Waals surface area (Å²) in [6, 6.07) is 0. The average Bonchev–Trinajstić information content (AvgIpc) is 1.88. The molecule has 49 valence electrons. The van der Waals surface area contributed by atoms with Crippen molar-refractivity contribution < 1.29 is 0 Å². The Bertz CT molecular complexity index is 80.7. The molecule has 0 saturated carbocycles. The maximum atomic E-state index is 1.89. The van der Waals surface area contributed by atoms with Gasteiger partial charge in [-0.25, -0.2) is 0 Å². The van der Waals surface area contributed by atoms with Crippen LogP contribution in [0.5, 0.6) is 0 Å². The smallest absolute Gasteiger partial charge is 0.0651 e. The minimum atomic E-state index is 1.11. The largest absolute Gasteiger partial charge is 0.131 e. The zero-order chi connectivity index (χ0) is 6.10. The third-order valence-corrected chi connectivity index (χ3v) is 2.86. The molecule has 0 aromatic carbocycles. The van der Waals surface area contributed by atoms with Crippen LogP contribution in [0.3, 0.4) is 0 Å². The number of fused-ring (bicyclic) bond motifs is 2. The molecule has 2 saturated heterocycles. The minimum absolute atomic E-state index is 1.11. The van der Waals surface area contributed by atoms with Gasteiger partial charge in [0.2, 0.25) is 0 Å². The molecule has 1 radical (unpaired) electrons. The lowest BCUT2D eigenvalue weighted by Gasteiger charge is -2.32. The van der Waals surface area contributed by atoms with Crippen LogP contribution in [0, 0.1) is 5.82 Å². The number of hydrogen-bond donors (Lipinski definition) is 0. The predicted octanol–water partition coefficient (Wildman–Crippen LogP) is 2.11. The van der Waals surface area contributed by atoms with E-state index in [0.717, 1.165) is 5.82 Å². The molecule has 0 amide bonds. The van der Waals surface area contributed by atoms with Crippen LogP contribution in [0.1, 0.15) is 38.5 Å². The van der Waals surface area contributed by atoms with Crippen molar-refractivity contribution in [2.75, 3.05) is 0 Å². The molecule has 2 fully saturated rings. The first-order valence-corrected chi connectivity index (χ1v) is 4.29. The summed E-state index contributed by atoms with van der Waals surface area (Å²) in [6.45, 7) is 0. The molecule has 0 aromatic rings. The van der Waals surface area contributed by atoms with Crippen LogP contribution in [-0.2, 0) is 0 Å². The van der Waals surface area contributed by atoms with E-state index >= 15 is 0 Å². The van der Waals surface area contributed by atoms with Crippen LogP contribution < -0.4 is 0 Å². The Hall–Kier alpha value is 0.0649. The van der Waals surface area contributed by atoms with Gasteiger partial charge in [0.15, 0.2) is 0 Å². The molecule has 9 heavy (non-hydrogen) atoms. The molecule has 0 unspecified atom stereocenters. The lowest BCUT2D eigenvalue weighted by molar-refractivity contribution is 0.512. The molecule has 2 rings (SSSR count). The van der Waals surface area contributed by atoms with E-state index in [9.17, 15) is 0 Å². The summed E-state index contributed by atoms with van der Waals surface area (Å²) in [5.74, 6) is 3.00. The quantitative estimate of drug-likeness (QED) is 0.430. The van der Waals surface area contributed by atoms with Crippen molar-refractivity contribution in [1.29, 1.82) is 0 Å². The SMILES string of the molecule is B1[C]2CCCC1CCC2. The summed E-state index contributed by atoms with van der Waals surface area (Å²) in [6.07, 6.45) is 9.00. The van der Waals surface area contributed by atoms with Crippen LogP contribution in [0.4, 0.5) is 0 Å². The standard InChI is InChI=1S/C8H14B/c1-3-7-5-2-6-8(4-1)9-7/h7,9H,1-6H2. The second-order valence-electron chi connectivity index (χ2n) is 3.60. The highest BCUT2D eigenvalue weighted by Crippen LogP contribution is 2.38. The van der Waals surface area contributed by atoms with Gasteiger partial charge in [-0.2, -0.15) is 0 Å². The van der Waals surface area contributed by atoms with Crippen LogP contribution in [0.2, 0.25) is 5.82 Å². The van der Waals surface area contributed by atoms with Gasteiger partial charge in [0.05, 0.1) is 0 Å². The number of rotatable bonds is 0. The second-order valence-corrected chi connectivity index (χ2v) is 3.60. The Morgan fingerprint density at radius 1 is 1.11 bits per heavy atom. The molecule has 2 aliphatic heterocycles. The fourth-order valence-electron chi connectivity index (χ4n) is 2.37. The van der Waals surface area contributed by atoms with E-state index in [4.69, 9.17) is 0 Å². The molecule has 0 aliphatic carbocycles. The minimum Gasteiger partial charge on any atom is -0.0651 e. The predicted molar refractivity (Wildman–Crippen MR) is 41.8 cm³/mol. The highest BCUT2D eigenvalue weighted by molar-refractivity contribution is 6.45. The zero-order valence-electron chi connectivity index (χ0n) is 6.03. The molecule has 0 atom stereocenters. The molecule has 1 heteroatoms. The van der Waals surface area contributed by atoms with Crippen molar-refractivity contribution in [3.05, 3.63) is 5.82 Å². The summed E-state index contributed by atoms with van der Waals surface area (Å²) in [5, 5.41) is 0. The first-order chi connectivity index (χ1) is 4.45. The van der Waals surface area contributed by atoms with Crippen molar-refractivity contribution in [3.63, 3.8) is 0 Å². The molecule has 2 aliphatic rings. The van der Waals surface area contributed by atoms with Gasteiger partial charge in [-0.05, 0) is 0 Å². The monoisotopic (exact) mass is 121 g/mol. The van der Waals surface area contributed by atoms with Crippen LogP contribution in [0.15, 0.2) is 0 Å². The Labute approximate surface area is 58.3 Å². The van der Waals surface area contributed by atoms with E-state index in [1.165, 1.54) is 45.8 Å². The highest BCUT2D eigenvalue weighted by atomic mass is 14.2. The first-order valence-electron chi connectivity index (χ1n) is 4.29. The molecule has 2 bridgehead atoms. The third kappa shape index (κ3) is 1.15. The average molecular weight is 121 g/mol. The Morgan fingerprint density at radius 3 is 2.22 bits per heavy atom. The Morgan fingerprint density at radius 2 is 1.78 bits per heavy atom. The summed E-state index contributed by atoms with van der Waals surface area (Å²) in [7, 11) is 1.50. The van der Waals surface area contributed by atoms with E-state index in [1.807, 2.05) is 5.82 Å². The van der Waals surface area contributed by atoms with E-state index in [0.29, 0.717) is 0 Å². The van der Waals surface area contributed by atoms with Gasteiger partial charge >= 0.3 is 0 Å². The summed E-state index contributed by atoms with van der Waals surface area (Å²) in [4.78, 5) is 0. The van der Waals surface area contributed by atoms with Crippen molar-refractivity contribution in [3.8, 4) is 0 Å². The fraction of sp³-hybridized carbons (Fsp3) is 0.875. The van der Waals surface area contributed by atoms with Crippen molar-refractivity contribution in [1.82, 2.24) is 0 Å². The van der Waals surface area contributed by atoms with E-state index < -0.39 is 0 Å². The van der Waals surface area contributed by atoms with E-state index in [2.05, 4.69) is 0 Å². The van der Waals surface area contributed by atoms with Gasteiger partial charge < -0.3 is 0 Å². The van der Waals surface area contributed by atoms with Gasteiger partial charge in [-0.3, -0.25) is 0 Å². The molecule has 0 N–H and O–H groups in total. The summed E-state index contributed by atoms with van der Waals surface area (Å²) in [5.41, 5.74) is 0. The normalized spacial score (nSPS) is 29.8. The first kappa shape index (κ1) is 5.82. The molecule has 2 heterocycles. The van der Waals surface area contributed by atoms with Crippen LogP contribution in [0.25, 0.3) is 0 Å². The second kappa shape index (κ2) is 2.36. The van der Waals surface area contributed by atoms with Gasteiger partial charge in [0, 0.05) is 0 Å². The van der Waals surface area contributed by atoms with Crippen molar-refractivity contribution >= 4 is 7.28 Å². The van der Waals surface area contributed by atoms with Crippen LogP contribution in [-0.4, -0.2) is 7.28 Å². The molecule has 0 aromatic heterocycles. The van der Waals surface area contributed by atoms with E-state index in [-0.39, 0.29) is 0 Å². The lowest BCUT2D eigenvalue weighted by atomic mass is 9.44. The maximum absolute atomic E-state index is 1.89. The van der Waals surface area contributed by atoms with Gasteiger partial charge in [0.1, 0.15) is 7.28 Å². The lowest BCUT2D eigenvalue weighted by Crippen LogP contribution is -2.23. The Balaban J connectivity index is 1.96. The van der Waals surface area contributed by atoms with Crippen LogP contribution >= 0.6 is 0 Å². The fourth-order valence-corrected chi connectivity index (χ4v) is 2.37. The van der Waals surface area contributed by atoms with Crippen molar-refractivity contribution in [2.45, 2.75) is 44.3 Å². The number of hydrogen-bond acceptors (Lipinski definition) is 0. The summed E-state index contributed by atoms with van der Waals surface area (Å²) < 4.78 is 0. The maximum Gasteiger partial charge on any atom is 0.131 e. The van der Waals surface area contributed by atoms with Gasteiger partial charge in [-0.15, -0.1) is 0 Å². The third-order valence-electron chi connectivity index (χ3n) is 2.86. The van der Waals surface area contributed by atoms with Gasteiger partial charge in [0.25, 0.3) is 0 Å². The summed E-state index contributed by atoms with van der Waals surface area (Å²) >= 11 is 0. The molecule has 0 nitrogen and oxygen atoms in total. The Kier molecular flexibility index (Phi) is 1.53. The molecular weight excluding hydrogens is 107 g/mol. The highest BCUT2D eigenvalue weighted by Gasteiger charge is 2.26. The zero-order valence-corrected chi connectivity index (χ0v) is 6.03.